The van der Waals surface area contributed by atoms with E-state index in [1.54, 1.807) is 6.08 Å². The summed E-state index contributed by atoms with van der Waals surface area (Å²) in [5.41, 5.74) is 0.990. The molecule has 0 aromatic heterocycles. The molecule has 0 saturated carbocycles. The minimum atomic E-state index is 0.0890. The lowest BCUT2D eigenvalue weighted by Crippen LogP contribution is -2.28. The summed E-state index contributed by atoms with van der Waals surface area (Å²) in [5.74, 6) is 0. The van der Waals surface area contributed by atoms with Gasteiger partial charge in [0.05, 0.1) is 19.8 Å². The van der Waals surface area contributed by atoms with Crippen LogP contribution < -0.4 is 5.32 Å². The summed E-state index contributed by atoms with van der Waals surface area (Å²) in [6.45, 7) is 2.32. The Morgan fingerprint density at radius 2 is 2.67 bits per heavy atom. The first-order chi connectivity index (χ1) is 4.43. The molecule has 1 aliphatic rings. The largest absolute Gasteiger partial charge is 0.392 e. The SMILES string of the molecule is OC/C=C1/COCCN1. The van der Waals surface area contributed by atoms with Crippen LogP contribution in [0.1, 0.15) is 0 Å². The van der Waals surface area contributed by atoms with Gasteiger partial charge in [0.1, 0.15) is 0 Å². The number of hydrogen-bond donors (Lipinski definition) is 2. The standard InChI is InChI=1S/C6H11NO2/c8-3-1-6-5-9-4-2-7-6/h1,7-8H,2-5H2/b6-1-. The van der Waals surface area contributed by atoms with Crippen molar-refractivity contribution in [1.82, 2.24) is 5.32 Å². The molecule has 1 heterocycles. The molecule has 3 nitrogen and oxygen atoms in total. The zero-order valence-corrected chi connectivity index (χ0v) is 5.26. The second kappa shape index (κ2) is 3.48. The number of aliphatic hydroxyl groups excluding tert-OH is 1. The van der Waals surface area contributed by atoms with Crippen molar-refractivity contribution >= 4 is 0 Å². The maximum atomic E-state index is 8.45. The Morgan fingerprint density at radius 1 is 1.78 bits per heavy atom. The van der Waals surface area contributed by atoms with Gasteiger partial charge in [-0.15, -0.1) is 0 Å². The fourth-order valence-corrected chi connectivity index (χ4v) is 0.758. The molecule has 1 fully saturated rings. The zero-order chi connectivity index (χ0) is 6.53. The van der Waals surface area contributed by atoms with Crippen molar-refractivity contribution in [2.24, 2.45) is 0 Å². The van der Waals surface area contributed by atoms with Crippen LogP contribution in [0.5, 0.6) is 0 Å². The highest BCUT2D eigenvalue weighted by atomic mass is 16.5. The van der Waals surface area contributed by atoms with Gasteiger partial charge in [-0.2, -0.15) is 0 Å². The van der Waals surface area contributed by atoms with Crippen molar-refractivity contribution in [3.05, 3.63) is 11.8 Å². The highest BCUT2D eigenvalue weighted by molar-refractivity contribution is 5.01. The maximum Gasteiger partial charge on any atom is 0.0860 e. The Hall–Kier alpha value is -0.540. The summed E-state index contributed by atoms with van der Waals surface area (Å²) in [6, 6.07) is 0. The van der Waals surface area contributed by atoms with E-state index in [9.17, 15) is 0 Å². The molecule has 0 radical (unpaired) electrons. The van der Waals surface area contributed by atoms with Gasteiger partial charge in [0.25, 0.3) is 0 Å². The normalized spacial score (nSPS) is 23.9. The summed E-state index contributed by atoms with van der Waals surface area (Å²) in [7, 11) is 0. The molecule has 0 unspecified atom stereocenters. The van der Waals surface area contributed by atoms with Crippen LogP contribution in [-0.2, 0) is 4.74 Å². The maximum absolute atomic E-state index is 8.45. The topological polar surface area (TPSA) is 41.5 Å². The third-order valence-electron chi connectivity index (χ3n) is 1.19. The van der Waals surface area contributed by atoms with Crippen LogP contribution in [0, 0.1) is 0 Å². The van der Waals surface area contributed by atoms with Gasteiger partial charge in [0.15, 0.2) is 0 Å². The Kier molecular flexibility index (Phi) is 2.54. The van der Waals surface area contributed by atoms with Crippen LogP contribution in [-0.4, -0.2) is 31.5 Å². The molecular weight excluding hydrogens is 118 g/mol. The van der Waals surface area contributed by atoms with Crippen LogP contribution in [0.4, 0.5) is 0 Å². The predicted molar refractivity (Wildman–Crippen MR) is 34.0 cm³/mol. The van der Waals surface area contributed by atoms with Crippen molar-refractivity contribution in [2.45, 2.75) is 0 Å². The van der Waals surface area contributed by atoms with E-state index in [2.05, 4.69) is 5.32 Å². The van der Waals surface area contributed by atoms with Crippen molar-refractivity contribution in [2.75, 3.05) is 26.4 Å². The molecule has 52 valence electrons. The Morgan fingerprint density at radius 3 is 3.22 bits per heavy atom. The molecule has 0 bridgehead atoms. The molecule has 1 saturated heterocycles. The fraction of sp³-hybridized carbons (Fsp3) is 0.667. The quantitative estimate of drug-likeness (QED) is 0.500. The Labute approximate surface area is 54.3 Å². The van der Waals surface area contributed by atoms with E-state index in [0.29, 0.717) is 6.61 Å². The lowest BCUT2D eigenvalue weighted by atomic mass is 10.4. The Bertz CT molecular complexity index is 104. The van der Waals surface area contributed by atoms with Gasteiger partial charge in [0.2, 0.25) is 0 Å². The van der Waals surface area contributed by atoms with Crippen LogP contribution in [0.2, 0.25) is 0 Å². The smallest absolute Gasteiger partial charge is 0.0860 e. The monoisotopic (exact) mass is 129 g/mol. The molecule has 0 amide bonds. The molecular formula is C6H11NO2. The molecule has 0 aliphatic carbocycles. The van der Waals surface area contributed by atoms with Gasteiger partial charge in [-0.1, -0.05) is 0 Å². The van der Waals surface area contributed by atoms with Crippen LogP contribution in [0.15, 0.2) is 11.8 Å². The molecule has 9 heavy (non-hydrogen) atoms. The third kappa shape index (κ3) is 2.03. The Balaban J connectivity index is 2.30. The third-order valence-corrected chi connectivity index (χ3v) is 1.19. The van der Waals surface area contributed by atoms with E-state index < -0.39 is 0 Å². The number of ether oxygens (including phenoxy) is 1. The molecule has 0 spiro atoms. The zero-order valence-electron chi connectivity index (χ0n) is 5.26. The molecule has 2 N–H and O–H groups in total. The molecule has 0 aromatic carbocycles. The second-order valence-electron chi connectivity index (χ2n) is 1.89. The van der Waals surface area contributed by atoms with E-state index in [0.717, 1.165) is 18.8 Å². The highest BCUT2D eigenvalue weighted by Crippen LogP contribution is 1.94. The summed E-state index contributed by atoms with van der Waals surface area (Å²) >= 11 is 0. The van der Waals surface area contributed by atoms with Crippen LogP contribution >= 0.6 is 0 Å². The van der Waals surface area contributed by atoms with E-state index in [1.807, 2.05) is 0 Å². The predicted octanol–water partition coefficient (Wildman–Crippen LogP) is -0.518. The molecule has 3 heteroatoms. The first-order valence-corrected chi connectivity index (χ1v) is 3.05. The highest BCUT2D eigenvalue weighted by Gasteiger charge is 2.01. The average Bonchev–Trinajstić information content (AvgIpc) is 1.91. The fourth-order valence-electron chi connectivity index (χ4n) is 0.758. The number of aliphatic hydroxyl groups is 1. The van der Waals surface area contributed by atoms with Gasteiger partial charge in [-0.05, 0) is 6.08 Å². The molecule has 1 aliphatic heterocycles. The number of hydrogen-bond acceptors (Lipinski definition) is 3. The molecule has 1 rings (SSSR count). The lowest BCUT2D eigenvalue weighted by molar-refractivity contribution is 0.131. The van der Waals surface area contributed by atoms with Gasteiger partial charge in [-0.3, -0.25) is 0 Å². The second-order valence-corrected chi connectivity index (χ2v) is 1.89. The minimum Gasteiger partial charge on any atom is -0.392 e. The van der Waals surface area contributed by atoms with E-state index in [4.69, 9.17) is 9.84 Å². The van der Waals surface area contributed by atoms with Gasteiger partial charge in [0, 0.05) is 12.2 Å². The average molecular weight is 129 g/mol. The lowest BCUT2D eigenvalue weighted by Gasteiger charge is -2.16. The summed E-state index contributed by atoms with van der Waals surface area (Å²) in [4.78, 5) is 0. The van der Waals surface area contributed by atoms with Gasteiger partial charge >= 0.3 is 0 Å². The first-order valence-electron chi connectivity index (χ1n) is 3.05. The molecule has 0 aromatic rings. The van der Waals surface area contributed by atoms with Crippen molar-refractivity contribution in [3.63, 3.8) is 0 Å². The minimum absolute atomic E-state index is 0.0890. The van der Waals surface area contributed by atoms with E-state index in [1.165, 1.54) is 0 Å². The number of nitrogens with one attached hydrogen (secondary N) is 1. The van der Waals surface area contributed by atoms with Crippen molar-refractivity contribution < 1.29 is 9.84 Å². The van der Waals surface area contributed by atoms with Gasteiger partial charge in [-0.25, -0.2) is 0 Å². The van der Waals surface area contributed by atoms with Crippen LogP contribution in [0.25, 0.3) is 0 Å². The number of rotatable bonds is 1. The number of morpholine rings is 1. The first kappa shape index (κ1) is 6.58. The van der Waals surface area contributed by atoms with Crippen LogP contribution in [0.3, 0.4) is 0 Å². The van der Waals surface area contributed by atoms with Crippen molar-refractivity contribution in [1.29, 1.82) is 0 Å². The summed E-state index contributed by atoms with van der Waals surface area (Å²) in [6.07, 6.45) is 1.72. The van der Waals surface area contributed by atoms with E-state index >= 15 is 0 Å². The molecule has 0 atom stereocenters. The van der Waals surface area contributed by atoms with Gasteiger partial charge < -0.3 is 15.2 Å². The summed E-state index contributed by atoms with van der Waals surface area (Å²) < 4.78 is 5.09. The summed E-state index contributed by atoms with van der Waals surface area (Å²) in [5, 5.41) is 11.5. The van der Waals surface area contributed by atoms with Crippen molar-refractivity contribution in [3.8, 4) is 0 Å². The van der Waals surface area contributed by atoms with E-state index in [-0.39, 0.29) is 6.61 Å².